The van der Waals surface area contributed by atoms with Crippen LogP contribution in [0.2, 0.25) is 0 Å². The maximum atomic E-state index is 12.3. The van der Waals surface area contributed by atoms with Crippen LogP contribution in [0, 0.1) is 34.5 Å². The summed E-state index contributed by atoms with van der Waals surface area (Å²) in [6.45, 7) is 8.94. The highest BCUT2D eigenvalue weighted by molar-refractivity contribution is 5.79. The van der Waals surface area contributed by atoms with Crippen molar-refractivity contribution >= 4 is 5.78 Å². The second-order valence-corrected chi connectivity index (χ2v) is 11.0. The van der Waals surface area contributed by atoms with Crippen LogP contribution < -0.4 is 0 Å². The minimum absolute atomic E-state index is 0.000657. The topological polar surface area (TPSA) is 40.5 Å². The summed E-state index contributed by atoms with van der Waals surface area (Å²) in [5.41, 5.74) is 3.12. The van der Waals surface area contributed by atoms with E-state index in [0.29, 0.717) is 23.5 Å². The molecule has 154 valence electrons. The molecule has 4 aliphatic carbocycles. The molecule has 1 N–H and O–H groups in total. The van der Waals surface area contributed by atoms with E-state index in [9.17, 15) is 9.90 Å². The van der Waals surface area contributed by atoms with Crippen LogP contribution in [0.4, 0.5) is 0 Å². The summed E-state index contributed by atoms with van der Waals surface area (Å²) in [4.78, 5) is 14.9. The van der Waals surface area contributed by atoms with Gasteiger partial charge in [0.15, 0.2) is 0 Å². The van der Waals surface area contributed by atoms with E-state index in [0.717, 1.165) is 25.7 Å². The lowest BCUT2D eigenvalue weighted by Crippen LogP contribution is -2.56. The summed E-state index contributed by atoms with van der Waals surface area (Å²) in [7, 11) is 0. The zero-order valence-corrected chi connectivity index (χ0v) is 17.9. The molecule has 0 radical (unpaired) electrons. The number of aliphatic hydroxyl groups excluding tert-OH is 1. The summed E-state index contributed by atoms with van der Waals surface area (Å²) in [5, 5.41) is 11.4. The number of aliphatic hydroxyl groups is 1. The molecule has 0 aromatic carbocycles. The molecule has 0 unspecified atom stereocenters. The van der Waals surface area contributed by atoms with Crippen LogP contribution in [0.25, 0.3) is 0 Å². The predicted molar refractivity (Wildman–Crippen MR) is 112 cm³/mol. The van der Waals surface area contributed by atoms with E-state index in [1.807, 2.05) is 0 Å². The highest BCUT2D eigenvalue weighted by Crippen LogP contribution is 2.66. The van der Waals surface area contributed by atoms with Crippen LogP contribution in [0.15, 0.2) is 23.4 Å². The molecule has 1 saturated heterocycles. The van der Waals surface area contributed by atoms with Crippen LogP contribution in [-0.4, -0.2) is 35.0 Å². The first-order chi connectivity index (χ1) is 13.3. The second-order valence-electron chi connectivity index (χ2n) is 11.0. The normalized spacial score (nSPS) is 47.7. The number of Topliss-reactive ketones (excluding diaryl/α,β-unsaturated/α-hetero) is 1. The van der Waals surface area contributed by atoms with Crippen molar-refractivity contribution in [3.63, 3.8) is 0 Å². The van der Waals surface area contributed by atoms with E-state index in [4.69, 9.17) is 0 Å². The summed E-state index contributed by atoms with van der Waals surface area (Å²) in [5.74, 6) is 1.97. The molecule has 3 fully saturated rings. The number of hydrogen-bond acceptors (Lipinski definition) is 3. The molecule has 2 saturated carbocycles. The first kappa shape index (κ1) is 18.9. The van der Waals surface area contributed by atoms with Gasteiger partial charge in [0.25, 0.3) is 0 Å². The van der Waals surface area contributed by atoms with Crippen molar-refractivity contribution in [3.05, 3.63) is 23.4 Å². The Morgan fingerprint density at radius 3 is 2.68 bits per heavy atom. The van der Waals surface area contributed by atoms with E-state index >= 15 is 0 Å². The number of carbonyl (C=O) groups excluding carboxylic acids is 1. The van der Waals surface area contributed by atoms with Crippen molar-refractivity contribution in [1.29, 1.82) is 0 Å². The lowest BCUT2D eigenvalue weighted by Gasteiger charge is -2.59. The molecule has 0 bridgehead atoms. The number of nitrogens with zero attached hydrogens (tertiary/aromatic N) is 1. The molecule has 7 atom stereocenters. The molecule has 28 heavy (non-hydrogen) atoms. The van der Waals surface area contributed by atoms with E-state index in [-0.39, 0.29) is 22.9 Å². The van der Waals surface area contributed by atoms with Gasteiger partial charge in [0.2, 0.25) is 0 Å². The summed E-state index contributed by atoms with van der Waals surface area (Å²) < 4.78 is 0. The molecule has 5 aliphatic rings. The van der Waals surface area contributed by atoms with Crippen molar-refractivity contribution in [3.8, 4) is 0 Å². The van der Waals surface area contributed by atoms with Gasteiger partial charge in [-0.25, -0.2) is 0 Å². The molecule has 3 heteroatoms. The highest BCUT2D eigenvalue weighted by atomic mass is 16.3. The average Bonchev–Trinajstić information content (AvgIpc) is 3.27. The monoisotopic (exact) mass is 383 g/mol. The largest absolute Gasteiger partial charge is 0.393 e. The first-order valence-corrected chi connectivity index (χ1v) is 11.7. The van der Waals surface area contributed by atoms with Crippen LogP contribution in [-0.2, 0) is 4.79 Å². The fourth-order valence-electron chi connectivity index (χ4n) is 8.37. The molecule has 0 aromatic heterocycles. The summed E-state index contributed by atoms with van der Waals surface area (Å²) in [6, 6.07) is 0. The van der Waals surface area contributed by atoms with Gasteiger partial charge in [0.1, 0.15) is 5.78 Å². The Morgan fingerprint density at radius 1 is 1.21 bits per heavy atom. The average molecular weight is 384 g/mol. The quantitative estimate of drug-likeness (QED) is 0.750. The molecule has 3 nitrogen and oxygen atoms in total. The van der Waals surface area contributed by atoms with Gasteiger partial charge in [0.05, 0.1) is 6.10 Å². The lowest BCUT2D eigenvalue weighted by molar-refractivity contribution is -0.137. The van der Waals surface area contributed by atoms with Crippen LogP contribution in [0.1, 0.15) is 72.1 Å². The van der Waals surface area contributed by atoms with Crippen molar-refractivity contribution in [2.45, 2.75) is 78.2 Å². The Labute approximate surface area is 170 Å². The van der Waals surface area contributed by atoms with Crippen LogP contribution in [0.3, 0.4) is 0 Å². The summed E-state index contributed by atoms with van der Waals surface area (Å²) in [6.07, 6.45) is 13.8. The molecule has 0 amide bonds. The molecular weight excluding hydrogens is 346 g/mol. The van der Waals surface area contributed by atoms with Crippen LogP contribution >= 0.6 is 0 Å². The van der Waals surface area contributed by atoms with Crippen molar-refractivity contribution < 1.29 is 9.90 Å². The van der Waals surface area contributed by atoms with Gasteiger partial charge in [-0.2, -0.15) is 0 Å². The number of allylic oxidation sites excluding steroid dienone is 4. The Morgan fingerprint density at radius 2 is 1.96 bits per heavy atom. The zero-order chi connectivity index (χ0) is 19.7. The van der Waals surface area contributed by atoms with E-state index in [1.165, 1.54) is 50.0 Å². The molecule has 0 spiro atoms. The van der Waals surface area contributed by atoms with Gasteiger partial charge in [-0.3, -0.25) is 4.79 Å². The zero-order valence-electron chi connectivity index (χ0n) is 17.9. The Kier molecular flexibility index (Phi) is 4.36. The predicted octanol–water partition coefficient (Wildman–Crippen LogP) is 4.71. The van der Waals surface area contributed by atoms with Gasteiger partial charge in [-0.1, -0.05) is 19.9 Å². The number of rotatable bonds is 2. The number of fused-ring (bicyclic) bond motifs is 5. The van der Waals surface area contributed by atoms with Gasteiger partial charge in [-0.15, -0.1) is 0 Å². The fraction of sp³-hybridized carbons (Fsp3) is 0.800. The minimum Gasteiger partial charge on any atom is -0.393 e. The highest BCUT2D eigenvalue weighted by Gasteiger charge is 2.61. The van der Waals surface area contributed by atoms with Gasteiger partial charge in [-0.05, 0) is 98.5 Å². The standard InChI is InChI=1S/C25H37NO2/c1-16(27)20-8-9-21-19-7-6-17-14-18(26-12-4-5-13-26)10-11-24(17,2)23(19)22(28)15-25(20,21)3/h6,14,19-23,28H,4-5,7-13,15H2,1-3H3/t19-,20-,21+,22+,23+,24-,25+/m0/s1. The van der Waals surface area contributed by atoms with E-state index < -0.39 is 0 Å². The van der Waals surface area contributed by atoms with Gasteiger partial charge < -0.3 is 10.0 Å². The number of ketones is 1. The van der Waals surface area contributed by atoms with Crippen molar-refractivity contribution in [1.82, 2.24) is 4.90 Å². The summed E-state index contributed by atoms with van der Waals surface area (Å²) >= 11 is 0. The maximum Gasteiger partial charge on any atom is 0.133 e. The van der Waals surface area contributed by atoms with Crippen LogP contribution in [0.5, 0.6) is 0 Å². The Bertz CT molecular complexity index is 733. The van der Waals surface area contributed by atoms with E-state index in [1.54, 1.807) is 6.92 Å². The SMILES string of the molecule is CC(=O)[C@@H]1CC[C@@H]2[C@@H]3CC=C4C=C(N5CCCC5)CC[C@]4(C)[C@H]3[C@H](O)C[C@@]21C. The smallest absolute Gasteiger partial charge is 0.133 e. The van der Waals surface area contributed by atoms with E-state index in [2.05, 4.69) is 30.9 Å². The Balaban J connectivity index is 1.48. The third-order valence-corrected chi connectivity index (χ3v) is 9.68. The first-order valence-electron chi connectivity index (χ1n) is 11.7. The minimum atomic E-state index is -0.276. The lowest BCUT2D eigenvalue weighted by atomic mass is 9.47. The number of likely N-dealkylation sites (tertiary alicyclic amines) is 1. The number of hydrogen-bond donors (Lipinski definition) is 1. The fourth-order valence-corrected chi connectivity index (χ4v) is 8.37. The molecule has 5 rings (SSSR count). The molecule has 0 aromatic rings. The molecular formula is C25H37NO2. The van der Waals surface area contributed by atoms with Gasteiger partial charge in [0, 0.05) is 24.7 Å². The second kappa shape index (κ2) is 6.45. The molecule has 1 heterocycles. The third kappa shape index (κ3) is 2.54. The van der Waals surface area contributed by atoms with Gasteiger partial charge >= 0.3 is 0 Å². The Hall–Kier alpha value is -1.09. The van der Waals surface area contributed by atoms with Crippen molar-refractivity contribution in [2.24, 2.45) is 34.5 Å². The van der Waals surface area contributed by atoms with Crippen molar-refractivity contribution in [2.75, 3.05) is 13.1 Å². The maximum absolute atomic E-state index is 12.3. The third-order valence-electron chi connectivity index (χ3n) is 9.68. The number of carbonyl (C=O) groups is 1. The molecule has 1 aliphatic heterocycles.